The van der Waals surface area contributed by atoms with Gasteiger partial charge in [0.05, 0.1) is 5.60 Å². The Bertz CT molecular complexity index is 526. The lowest BCUT2D eigenvalue weighted by Gasteiger charge is -2.39. The van der Waals surface area contributed by atoms with Crippen molar-refractivity contribution in [3.63, 3.8) is 0 Å². The molecule has 0 spiro atoms. The van der Waals surface area contributed by atoms with E-state index in [9.17, 15) is 9.50 Å². The Labute approximate surface area is 113 Å². The van der Waals surface area contributed by atoms with Crippen LogP contribution < -0.4 is 0 Å². The van der Waals surface area contributed by atoms with Crippen molar-refractivity contribution in [3.8, 4) is 0 Å². The van der Waals surface area contributed by atoms with E-state index in [1.165, 1.54) is 19.3 Å². The molecule has 0 aliphatic heterocycles. The average Bonchev–Trinajstić information content (AvgIpc) is 3.03. The molecule has 0 saturated heterocycles. The molecular weight excluding hydrogens is 239 g/mol. The zero-order valence-electron chi connectivity index (χ0n) is 11.4. The number of aryl methyl sites for hydroxylation is 1. The van der Waals surface area contributed by atoms with Crippen LogP contribution in [0.4, 0.5) is 4.39 Å². The van der Waals surface area contributed by atoms with E-state index in [1.807, 2.05) is 6.07 Å². The van der Waals surface area contributed by atoms with Crippen LogP contribution >= 0.6 is 0 Å². The predicted octanol–water partition coefficient (Wildman–Crippen LogP) is 3.78. The standard InChI is InChI=1S/C17H21FO/c1-10-5-6-12(8-16(10)18)17(19)9-11-7-15(17)14-4-2-3-13(11)14/h5-6,8,11,13-15,19H,2-4,7,9H2,1H3. The SMILES string of the molecule is Cc1ccc(C2(O)CC3CC2C2CCCC32)cc1F. The second-order valence-corrected chi connectivity index (χ2v) is 6.95. The lowest BCUT2D eigenvalue weighted by molar-refractivity contribution is -0.0514. The van der Waals surface area contributed by atoms with E-state index in [0.717, 1.165) is 24.3 Å². The van der Waals surface area contributed by atoms with Gasteiger partial charge < -0.3 is 5.11 Å². The predicted molar refractivity (Wildman–Crippen MR) is 72.1 cm³/mol. The summed E-state index contributed by atoms with van der Waals surface area (Å²) in [5, 5.41) is 11.1. The van der Waals surface area contributed by atoms with Gasteiger partial charge in [-0.2, -0.15) is 0 Å². The Balaban J connectivity index is 1.73. The molecule has 0 amide bonds. The van der Waals surface area contributed by atoms with Crippen LogP contribution in [-0.4, -0.2) is 5.11 Å². The zero-order valence-corrected chi connectivity index (χ0v) is 11.4. The second kappa shape index (κ2) is 3.82. The van der Waals surface area contributed by atoms with Crippen molar-refractivity contribution >= 4 is 0 Å². The van der Waals surface area contributed by atoms with Gasteiger partial charge in [0.2, 0.25) is 0 Å². The molecule has 3 fully saturated rings. The fourth-order valence-electron chi connectivity index (χ4n) is 5.31. The normalized spacial score (nSPS) is 43.7. The van der Waals surface area contributed by atoms with Crippen molar-refractivity contribution < 1.29 is 9.50 Å². The molecule has 2 heteroatoms. The van der Waals surface area contributed by atoms with Gasteiger partial charge in [0.25, 0.3) is 0 Å². The summed E-state index contributed by atoms with van der Waals surface area (Å²) in [6.07, 6.45) is 5.94. The van der Waals surface area contributed by atoms with Crippen molar-refractivity contribution in [1.29, 1.82) is 0 Å². The fraction of sp³-hybridized carbons (Fsp3) is 0.647. The summed E-state index contributed by atoms with van der Waals surface area (Å²) >= 11 is 0. The van der Waals surface area contributed by atoms with Crippen LogP contribution in [0.5, 0.6) is 0 Å². The molecule has 0 aromatic heterocycles. The maximum absolute atomic E-state index is 13.8. The summed E-state index contributed by atoms with van der Waals surface area (Å²) < 4.78 is 13.8. The van der Waals surface area contributed by atoms with Gasteiger partial charge in [0, 0.05) is 0 Å². The van der Waals surface area contributed by atoms with E-state index < -0.39 is 5.60 Å². The molecule has 1 aromatic rings. The van der Waals surface area contributed by atoms with Gasteiger partial charge in [-0.1, -0.05) is 18.6 Å². The number of hydrogen-bond acceptors (Lipinski definition) is 1. The van der Waals surface area contributed by atoms with Crippen molar-refractivity contribution in [2.75, 3.05) is 0 Å². The highest BCUT2D eigenvalue weighted by molar-refractivity contribution is 5.31. The first-order valence-corrected chi connectivity index (χ1v) is 7.58. The van der Waals surface area contributed by atoms with Crippen LogP contribution in [0.1, 0.15) is 43.2 Å². The lowest BCUT2D eigenvalue weighted by Crippen LogP contribution is -2.39. The molecule has 1 N–H and O–H groups in total. The van der Waals surface area contributed by atoms with E-state index in [2.05, 4.69) is 0 Å². The van der Waals surface area contributed by atoms with Gasteiger partial charge in [-0.25, -0.2) is 4.39 Å². The molecule has 4 rings (SSSR count). The van der Waals surface area contributed by atoms with E-state index in [1.54, 1.807) is 19.1 Å². The summed E-state index contributed by atoms with van der Waals surface area (Å²) in [6.45, 7) is 1.77. The fourth-order valence-corrected chi connectivity index (χ4v) is 5.31. The first kappa shape index (κ1) is 11.9. The second-order valence-electron chi connectivity index (χ2n) is 6.95. The van der Waals surface area contributed by atoms with Crippen molar-refractivity contribution in [3.05, 3.63) is 35.1 Å². The Morgan fingerprint density at radius 1 is 1.26 bits per heavy atom. The molecule has 1 aromatic carbocycles. The molecule has 19 heavy (non-hydrogen) atoms. The number of hydrogen-bond donors (Lipinski definition) is 1. The minimum Gasteiger partial charge on any atom is -0.385 e. The molecule has 1 nitrogen and oxygen atoms in total. The zero-order chi connectivity index (χ0) is 13.2. The van der Waals surface area contributed by atoms with Gasteiger partial charge in [0.1, 0.15) is 5.82 Å². The smallest absolute Gasteiger partial charge is 0.126 e. The third-order valence-electron chi connectivity index (χ3n) is 6.16. The maximum atomic E-state index is 13.8. The first-order chi connectivity index (χ1) is 9.09. The summed E-state index contributed by atoms with van der Waals surface area (Å²) in [4.78, 5) is 0. The van der Waals surface area contributed by atoms with E-state index >= 15 is 0 Å². The van der Waals surface area contributed by atoms with Gasteiger partial charge >= 0.3 is 0 Å². The molecule has 102 valence electrons. The van der Waals surface area contributed by atoms with Gasteiger partial charge in [-0.15, -0.1) is 0 Å². The number of halogens is 1. The summed E-state index contributed by atoms with van der Waals surface area (Å²) in [6, 6.07) is 5.31. The first-order valence-electron chi connectivity index (χ1n) is 7.58. The number of fused-ring (bicyclic) bond motifs is 5. The summed E-state index contributed by atoms with van der Waals surface area (Å²) in [5.41, 5.74) is 0.716. The topological polar surface area (TPSA) is 20.2 Å². The Hall–Kier alpha value is -0.890. The van der Waals surface area contributed by atoms with Crippen LogP contribution in [0.3, 0.4) is 0 Å². The van der Waals surface area contributed by atoms with Gasteiger partial charge in [-0.05, 0) is 73.5 Å². The highest BCUT2D eigenvalue weighted by atomic mass is 19.1. The van der Waals surface area contributed by atoms with Crippen LogP contribution in [0.2, 0.25) is 0 Å². The quantitative estimate of drug-likeness (QED) is 0.814. The van der Waals surface area contributed by atoms with Crippen molar-refractivity contribution in [1.82, 2.24) is 0 Å². The molecule has 0 radical (unpaired) electrons. The van der Waals surface area contributed by atoms with Gasteiger partial charge in [0.15, 0.2) is 0 Å². The Kier molecular flexibility index (Phi) is 2.39. The van der Waals surface area contributed by atoms with Crippen molar-refractivity contribution in [2.45, 2.75) is 44.6 Å². The van der Waals surface area contributed by atoms with Crippen LogP contribution in [-0.2, 0) is 5.60 Å². The number of aliphatic hydroxyl groups is 1. The molecule has 0 heterocycles. The molecule has 3 saturated carbocycles. The molecular formula is C17H21FO. The largest absolute Gasteiger partial charge is 0.385 e. The molecule has 2 bridgehead atoms. The Morgan fingerprint density at radius 2 is 2.05 bits per heavy atom. The molecule has 5 atom stereocenters. The molecule has 3 aliphatic rings. The Morgan fingerprint density at radius 3 is 2.84 bits per heavy atom. The highest BCUT2D eigenvalue weighted by Gasteiger charge is 2.60. The van der Waals surface area contributed by atoms with Crippen molar-refractivity contribution in [2.24, 2.45) is 23.7 Å². The van der Waals surface area contributed by atoms with Gasteiger partial charge in [-0.3, -0.25) is 0 Å². The minimum atomic E-state index is -0.759. The molecule has 3 aliphatic carbocycles. The summed E-state index contributed by atoms with van der Waals surface area (Å²) in [7, 11) is 0. The summed E-state index contributed by atoms with van der Waals surface area (Å²) in [5.74, 6) is 2.39. The lowest BCUT2D eigenvalue weighted by atomic mass is 9.70. The maximum Gasteiger partial charge on any atom is 0.126 e. The third-order valence-corrected chi connectivity index (χ3v) is 6.16. The van der Waals surface area contributed by atoms with Crippen LogP contribution in [0, 0.1) is 36.4 Å². The highest BCUT2D eigenvalue weighted by Crippen LogP contribution is 2.65. The van der Waals surface area contributed by atoms with E-state index in [-0.39, 0.29) is 5.82 Å². The van der Waals surface area contributed by atoms with E-state index in [0.29, 0.717) is 23.3 Å². The van der Waals surface area contributed by atoms with Crippen LogP contribution in [0.15, 0.2) is 18.2 Å². The minimum absolute atomic E-state index is 0.184. The number of rotatable bonds is 1. The third kappa shape index (κ3) is 1.50. The van der Waals surface area contributed by atoms with Crippen LogP contribution in [0.25, 0.3) is 0 Å². The average molecular weight is 260 g/mol. The monoisotopic (exact) mass is 260 g/mol. The van der Waals surface area contributed by atoms with E-state index in [4.69, 9.17) is 0 Å². The molecule has 5 unspecified atom stereocenters. The number of benzene rings is 1.